The molecule has 0 fully saturated rings. The molecule has 1 N–H and O–H groups in total. The van der Waals surface area contributed by atoms with Crippen molar-refractivity contribution in [2.45, 2.75) is 25.8 Å². The number of ether oxygens (including phenoxy) is 1. The first-order chi connectivity index (χ1) is 8.27. The van der Waals surface area contributed by atoms with E-state index in [0.29, 0.717) is 0 Å². The minimum atomic E-state index is -0.0611. The van der Waals surface area contributed by atoms with Crippen LogP contribution in [0.25, 0.3) is 0 Å². The number of rotatable bonds is 3. The second-order valence-electron chi connectivity index (χ2n) is 4.21. The topological polar surface area (TPSA) is 38.3 Å². The molecule has 0 bridgehead atoms. The summed E-state index contributed by atoms with van der Waals surface area (Å²) in [6.45, 7) is 2.31. The molecule has 0 aromatic heterocycles. The second-order valence-corrected chi connectivity index (χ2v) is 4.21. The molecule has 2 rings (SSSR count). The van der Waals surface area contributed by atoms with Gasteiger partial charge in [0.1, 0.15) is 0 Å². The zero-order valence-electron chi connectivity index (χ0n) is 9.98. The van der Waals surface area contributed by atoms with Crippen LogP contribution in [0.15, 0.2) is 42.2 Å². The molecule has 1 aliphatic heterocycles. The Morgan fingerprint density at radius 3 is 2.71 bits per heavy atom. The molecular formula is C14H17NO2. The van der Waals surface area contributed by atoms with E-state index in [9.17, 15) is 4.79 Å². The Morgan fingerprint density at radius 2 is 2.12 bits per heavy atom. The van der Waals surface area contributed by atoms with Crippen LogP contribution >= 0.6 is 0 Å². The molecule has 3 nitrogen and oxygen atoms in total. The van der Waals surface area contributed by atoms with Crippen molar-refractivity contribution in [3.8, 4) is 0 Å². The summed E-state index contributed by atoms with van der Waals surface area (Å²) < 4.78 is 5.35. The molecule has 1 aliphatic rings. The molecule has 0 spiro atoms. The van der Waals surface area contributed by atoms with E-state index in [-0.39, 0.29) is 11.9 Å². The highest BCUT2D eigenvalue weighted by Gasteiger charge is 2.19. The first kappa shape index (κ1) is 11.7. The molecule has 90 valence electrons. The summed E-state index contributed by atoms with van der Waals surface area (Å²) in [5, 5.41) is 2.98. The Balaban J connectivity index is 2.24. The number of carbonyl (C=O) groups is 1. The molecule has 1 amide bonds. The number of hydrogen-bond donors (Lipinski definition) is 1. The maximum Gasteiger partial charge on any atom is 0.217 e. The highest BCUT2D eigenvalue weighted by Crippen LogP contribution is 2.27. The van der Waals surface area contributed by atoms with Crippen LogP contribution in [-0.4, -0.2) is 12.5 Å². The highest BCUT2D eigenvalue weighted by atomic mass is 16.5. The average molecular weight is 231 g/mol. The molecule has 1 atom stereocenters. The molecule has 3 heteroatoms. The van der Waals surface area contributed by atoms with Gasteiger partial charge < -0.3 is 10.1 Å². The maximum absolute atomic E-state index is 11.3. The van der Waals surface area contributed by atoms with Crippen molar-refractivity contribution in [1.29, 1.82) is 0 Å². The number of amides is 1. The molecule has 17 heavy (non-hydrogen) atoms. The predicted octanol–water partition coefficient (Wildman–Crippen LogP) is 2.56. The summed E-state index contributed by atoms with van der Waals surface area (Å²) in [6.07, 6.45) is 3.77. The van der Waals surface area contributed by atoms with Crippen LogP contribution in [0.2, 0.25) is 0 Å². The standard InChI is InChI=1S/C14H17NO2/c1-11(16)15-14(12-6-3-2-4-7-12)13-8-5-9-17-10-13/h2-4,6-7,10,14H,5,8-9H2,1H3,(H,15,16). The average Bonchev–Trinajstić information content (AvgIpc) is 2.38. The lowest BCUT2D eigenvalue weighted by molar-refractivity contribution is -0.119. The van der Waals surface area contributed by atoms with Crippen LogP contribution in [-0.2, 0) is 9.53 Å². The zero-order valence-corrected chi connectivity index (χ0v) is 9.98. The third kappa shape index (κ3) is 3.09. The molecule has 1 heterocycles. The third-order valence-electron chi connectivity index (χ3n) is 2.81. The van der Waals surface area contributed by atoms with E-state index in [2.05, 4.69) is 5.32 Å². The maximum atomic E-state index is 11.3. The van der Waals surface area contributed by atoms with Gasteiger partial charge in [-0.15, -0.1) is 0 Å². The molecule has 1 aromatic rings. The summed E-state index contributed by atoms with van der Waals surface area (Å²) in [6, 6.07) is 9.92. The van der Waals surface area contributed by atoms with Crippen LogP contribution in [0.5, 0.6) is 0 Å². The summed E-state index contributed by atoms with van der Waals surface area (Å²) in [4.78, 5) is 11.3. The molecule has 1 unspecified atom stereocenters. The van der Waals surface area contributed by atoms with E-state index >= 15 is 0 Å². The monoisotopic (exact) mass is 231 g/mol. The Kier molecular flexibility index (Phi) is 3.81. The second kappa shape index (κ2) is 5.53. The van der Waals surface area contributed by atoms with Gasteiger partial charge in [0.05, 0.1) is 18.9 Å². The lowest BCUT2D eigenvalue weighted by atomic mass is 9.95. The molecule has 0 aliphatic carbocycles. The van der Waals surface area contributed by atoms with Crippen LogP contribution < -0.4 is 5.32 Å². The zero-order chi connectivity index (χ0) is 12.1. The van der Waals surface area contributed by atoms with Gasteiger partial charge >= 0.3 is 0 Å². The van der Waals surface area contributed by atoms with E-state index in [1.165, 1.54) is 0 Å². The molecule has 0 radical (unpaired) electrons. The van der Waals surface area contributed by atoms with Crippen molar-refractivity contribution in [1.82, 2.24) is 5.32 Å². The van der Waals surface area contributed by atoms with Crippen LogP contribution in [0.1, 0.15) is 31.4 Å². The Labute approximate surface area is 101 Å². The van der Waals surface area contributed by atoms with Crippen molar-refractivity contribution in [3.05, 3.63) is 47.7 Å². The minimum Gasteiger partial charge on any atom is -0.501 e. The largest absolute Gasteiger partial charge is 0.501 e. The van der Waals surface area contributed by atoms with Gasteiger partial charge in [0.15, 0.2) is 0 Å². The van der Waals surface area contributed by atoms with E-state index in [0.717, 1.165) is 30.6 Å². The number of hydrogen-bond acceptors (Lipinski definition) is 2. The van der Waals surface area contributed by atoms with Gasteiger partial charge in [-0.2, -0.15) is 0 Å². The lowest BCUT2D eigenvalue weighted by Crippen LogP contribution is -2.28. The van der Waals surface area contributed by atoms with Crippen LogP contribution in [0.4, 0.5) is 0 Å². The number of benzene rings is 1. The summed E-state index contributed by atoms with van der Waals surface area (Å²) in [5.74, 6) is -0.0228. The smallest absolute Gasteiger partial charge is 0.217 e. The fraction of sp³-hybridized carbons (Fsp3) is 0.357. The normalized spacial score (nSPS) is 16.6. The van der Waals surface area contributed by atoms with Gasteiger partial charge in [0.25, 0.3) is 0 Å². The first-order valence-corrected chi connectivity index (χ1v) is 5.90. The quantitative estimate of drug-likeness (QED) is 0.868. The van der Waals surface area contributed by atoms with E-state index in [1.807, 2.05) is 30.3 Å². The van der Waals surface area contributed by atoms with Gasteiger partial charge in [-0.1, -0.05) is 30.3 Å². The predicted molar refractivity (Wildman–Crippen MR) is 66.3 cm³/mol. The first-order valence-electron chi connectivity index (χ1n) is 5.90. The van der Waals surface area contributed by atoms with Gasteiger partial charge in [0, 0.05) is 6.92 Å². The minimum absolute atomic E-state index is 0.0228. The van der Waals surface area contributed by atoms with E-state index in [4.69, 9.17) is 4.74 Å². The van der Waals surface area contributed by atoms with Gasteiger partial charge in [-0.05, 0) is 24.0 Å². The number of nitrogens with one attached hydrogen (secondary N) is 1. The Bertz CT molecular complexity index is 411. The van der Waals surface area contributed by atoms with Crippen molar-refractivity contribution in [3.63, 3.8) is 0 Å². The molecule has 1 aromatic carbocycles. The SMILES string of the molecule is CC(=O)NC(C1=COCCC1)c1ccccc1. The lowest BCUT2D eigenvalue weighted by Gasteiger charge is -2.24. The molecular weight excluding hydrogens is 214 g/mol. The van der Waals surface area contributed by atoms with E-state index in [1.54, 1.807) is 13.2 Å². The van der Waals surface area contributed by atoms with Crippen molar-refractivity contribution >= 4 is 5.91 Å². The van der Waals surface area contributed by atoms with Crippen molar-refractivity contribution in [2.24, 2.45) is 0 Å². The third-order valence-corrected chi connectivity index (χ3v) is 2.81. The van der Waals surface area contributed by atoms with Gasteiger partial charge in [-0.3, -0.25) is 4.79 Å². The highest BCUT2D eigenvalue weighted by molar-refractivity contribution is 5.74. The Hall–Kier alpha value is -1.77. The van der Waals surface area contributed by atoms with Gasteiger partial charge in [0.2, 0.25) is 5.91 Å². The van der Waals surface area contributed by atoms with Crippen molar-refractivity contribution in [2.75, 3.05) is 6.61 Å². The molecule has 0 saturated carbocycles. The summed E-state index contributed by atoms with van der Waals surface area (Å²) >= 11 is 0. The number of carbonyl (C=O) groups excluding carboxylic acids is 1. The van der Waals surface area contributed by atoms with Crippen LogP contribution in [0.3, 0.4) is 0 Å². The van der Waals surface area contributed by atoms with E-state index < -0.39 is 0 Å². The molecule has 0 saturated heterocycles. The van der Waals surface area contributed by atoms with Gasteiger partial charge in [-0.25, -0.2) is 0 Å². The van der Waals surface area contributed by atoms with Crippen molar-refractivity contribution < 1.29 is 9.53 Å². The van der Waals surface area contributed by atoms with Crippen LogP contribution in [0, 0.1) is 0 Å². The summed E-state index contributed by atoms with van der Waals surface area (Å²) in [5.41, 5.74) is 2.23. The fourth-order valence-electron chi connectivity index (χ4n) is 2.04. The summed E-state index contributed by atoms with van der Waals surface area (Å²) in [7, 11) is 0. The Morgan fingerprint density at radius 1 is 1.35 bits per heavy atom. The fourth-order valence-corrected chi connectivity index (χ4v) is 2.04.